The van der Waals surface area contributed by atoms with Gasteiger partial charge in [0.1, 0.15) is 16.9 Å². The van der Waals surface area contributed by atoms with Gasteiger partial charge in [-0.1, -0.05) is 0 Å². The van der Waals surface area contributed by atoms with E-state index in [2.05, 4.69) is 15.4 Å². The molecule has 0 amide bonds. The second kappa shape index (κ2) is 5.97. The van der Waals surface area contributed by atoms with E-state index in [1.807, 2.05) is 0 Å². The van der Waals surface area contributed by atoms with Gasteiger partial charge in [0.15, 0.2) is 0 Å². The van der Waals surface area contributed by atoms with E-state index in [0.29, 0.717) is 0 Å². The van der Waals surface area contributed by atoms with Crippen molar-refractivity contribution in [2.45, 2.75) is 24.6 Å². The lowest BCUT2D eigenvalue weighted by atomic mass is 9.68. The first-order valence-corrected chi connectivity index (χ1v) is 8.16. The van der Waals surface area contributed by atoms with Crippen LogP contribution in [0.3, 0.4) is 0 Å². The van der Waals surface area contributed by atoms with Crippen molar-refractivity contribution in [1.82, 2.24) is 14.8 Å². The van der Waals surface area contributed by atoms with Crippen molar-refractivity contribution in [3.63, 3.8) is 0 Å². The van der Waals surface area contributed by atoms with E-state index in [1.54, 1.807) is 12.3 Å². The highest BCUT2D eigenvalue weighted by molar-refractivity contribution is 5.75. The van der Waals surface area contributed by atoms with Crippen LogP contribution in [0, 0.1) is 5.82 Å². The predicted molar refractivity (Wildman–Crippen MR) is 90.4 cm³/mol. The van der Waals surface area contributed by atoms with Crippen LogP contribution in [0.1, 0.15) is 17.5 Å². The first kappa shape index (κ1) is 17.3. The SMILES string of the molecule is O=c1[nH]ccc2c1Nc1ccc(F)cc1C2(CCn1cccn1)C(F)(F)F. The second-order valence-corrected chi connectivity index (χ2v) is 6.33. The molecular formula is C18H14F4N4O. The summed E-state index contributed by atoms with van der Waals surface area (Å²) < 4.78 is 59.0. The van der Waals surface area contributed by atoms with Crippen LogP contribution >= 0.6 is 0 Å². The Balaban J connectivity index is 1.99. The summed E-state index contributed by atoms with van der Waals surface area (Å²) in [6, 6.07) is 5.98. The number of aromatic nitrogens is 3. The van der Waals surface area contributed by atoms with Gasteiger partial charge in [0.25, 0.3) is 5.56 Å². The first-order chi connectivity index (χ1) is 12.8. The van der Waals surface area contributed by atoms with Gasteiger partial charge in [0, 0.05) is 36.4 Å². The molecule has 1 atom stereocenters. The summed E-state index contributed by atoms with van der Waals surface area (Å²) in [4.78, 5) is 14.6. The van der Waals surface area contributed by atoms with Gasteiger partial charge in [-0.05, 0) is 42.3 Å². The van der Waals surface area contributed by atoms with Gasteiger partial charge in [0.2, 0.25) is 0 Å². The summed E-state index contributed by atoms with van der Waals surface area (Å²) >= 11 is 0. The zero-order chi connectivity index (χ0) is 19.2. The van der Waals surface area contributed by atoms with Gasteiger partial charge in [-0.25, -0.2) is 4.39 Å². The third-order valence-corrected chi connectivity index (χ3v) is 4.88. The van der Waals surface area contributed by atoms with Crippen LogP contribution in [0.5, 0.6) is 0 Å². The van der Waals surface area contributed by atoms with Gasteiger partial charge >= 0.3 is 6.18 Å². The highest BCUT2D eigenvalue weighted by atomic mass is 19.4. The molecule has 2 aromatic heterocycles. The molecule has 1 aromatic carbocycles. The van der Waals surface area contributed by atoms with Gasteiger partial charge in [-0.3, -0.25) is 9.48 Å². The Morgan fingerprint density at radius 2 is 2.00 bits per heavy atom. The van der Waals surface area contributed by atoms with Crippen molar-refractivity contribution in [2.75, 3.05) is 5.32 Å². The van der Waals surface area contributed by atoms with Crippen LogP contribution < -0.4 is 10.9 Å². The molecule has 4 rings (SSSR count). The Bertz CT molecular complexity index is 1040. The number of aryl methyl sites for hydroxylation is 1. The average molecular weight is 378 g/mol. The van der Waals surface area contributed by atoms with Gasteiger partial charge in [-0.2, -0.15) is 18.3 Å². The van der Waals surface area contributed by atoms with Crippen molar-refractivity contribution in [1.29, 1.82) is 0 Å². The molecule has 1 aliphatic heterocycles. The van der Waals surface area contributed by atoms with E-state index < -0.39 is 29.4 Å². The third kappa shape index (κ3) is 2.61. The van der Waals surface area contributed by atoms with Crippen molar-refractivity contribution in [3.05, 3.63) is 76.2 Å². The van der Waals surface area contributed by atoms with E-state index in [1.165, 1.54) is 29.2 Å². The molecule has 0 radical (unpaired) electrons. The molecule has 5 nitrogen and oxygen atoms in total. The molecular weight excluding hydrogens is 364 g/mol. The zero-order valence-corrected chi connectivity index (χ0v) is 13.8. The molecule has 27 heavy (non-hydrogen) atoms. The van der Waals surface area contributed by atoms with E-state index in [0.717, 1.165) is 12.1 Å². The van der Waals surface area contributed by atoms with Crippen LogP contribution in [-0.4, -0.2) is 20.9 Å². The minimum absolute atomic E-state index is 0.0541. The molecule has 9 heteroatoms. The molecule has 0 spiro atoms. The third-order valence-electron chi connectivity index (χ3n) is 4.88. The first-order valence-electron chi connectivity index (χ1n) is 8.16. The topological polar surface area (TPSA) is 62.7 Å². The maximum Gasteiger partial charge on any atom is 0.402 e. The number of H-pyrrole nitrogens is 1. The lowest BCUT2D eigenvalue weighted by molar-refractivity contribution is -0.181. The summed E-state index contributed by atoms with van der Waals surface area (Å²) in [7, 11) is 0. The number of pyridine rings is 1. The monoisotopic (exact) mass is 378 g/mol. The summed E-state index contributed by atoms with van der Waals surface area (Å²) in [6.45, 7) is -0.0608. The normalized spacial score (nSPS) is 18.5. The van der Waals surface area contributed by atoms with Crippen molar-refractivity contribution < 1.29 is 17.6 Å². The Kier molecular flexibility index (Phi) is 3.83. The van der Waals surface area contributed by atoms with Crippen LogP contribution in [0.4, 0.5) is 28.9 Å². The quantitative estimate of drug-likeness (QED) is 0.683. The van der Waals surface area contributed by atoms with Crippen molar-refractivity contribution in [3.8, 4) is 0 Å². The molecule has 1 aliphatic rings. The number of benzene rings is 1. The fourth-order valence-electron chi connectivity index (χ4n) is 3.65. The number of hydrogen-bond donors (Lipinski definition) is 2. The van der Waals surface area contributed by atoms with E-state index in [-0.39, 0.29) is 29.0 Å². The van der Waals surface area contributed by atoms with Crippen LogP contribution in [-0.2, 0) is 12.0 Å². The number of fused-ring (bicyclic) bond motifs is 2. The summed E-state index contributed by atoms with van der Waals surface area (Å²) in [5.41, 5.74) is -3.84. The number of hydrogen-bond acceptors (Lipinski definition) is 3. The van der Waals surface area contributed by atoms with Crippen LogP contribution in [0.25, 0.3) is 0 Å². The van der Waals surface area contributed by atoms with E-state index in [4.69, 9.17) is 0 Å². The zero-order valence-electron chi connectivity index (χ0n) is 13.8. The van der Waals surface area contributed by atoms with E-state index in [9.17, 15) is 22.4 Å². The summed E-state index contributed by atoms with van der Waals surface area (Å²) in [6.07, 6.45) is -1.02. The number of alkyl halides is 3. The highest BCUT2D eigenvalue weighted by Gasteiger charge is 2.60. The Hall–Kier alpha value is -3.10. The fourth-order valence-corrected chi connectivity index (χ4v) is 3.65. The number of aromatic amines is 1. The molecule has 140 valence electrons. The predicted octanol–water partition coefficient (Wildman–Crippen LogP) is 3.71. The lowest BCUT2D eigenvalue weighted by Crippen LogP contribution is -2.47. The maximum atomic E-state index is 14.6. The molecule has 1 unspecified atom stereocenters. The van der Waals surface area contributed by atoms with Gasteiger partial charge < -0.3 is 10.3 Å². The molecule has 0 saturated carbocycles. The Morgan fingerprint density at radius 3 is 2.70 bits per heavy atom. The average Bonchev–Trinajstić information content (AvgIpc) is 3.12. The molecule has 3 heterocycles. The minimum atomic E-state index is -4.77. The maximum absolute atomic E-state index is 14.6. The molecule has 0 fully saturated rings. The van der Waals surface area contributed by atoms with Crippen LogP contribution in [0.15, 0.2) is 53.7 Å². The number of rotatable bonds is 3. The standard InChI is InChI=1S/C18H14F4N4O/c19-11-2-3-14-13(10-11)17(18(20,21)22,5-9-26-8-1-6-24-26)12-4-7-23-16(27)15(12)25-14/h1-4,6-8,10,25H,5,9H2,(H,23,27). The van der Waals surface area contributed by atoms with Crippen molar-refractivity contribution >= 4 is 11.4 Å². The smallest absolute Gasteiger partial charge is 0.351 e. The minimum Gasteiger partial charge on any atom is -0.351 e. The molecule has 0 saturated heterocycles. The second-order valence-electron chi connectivity index (χ2n) is 6.33. The van der Waals surface area contributed by atoms with E-state index >= 15 is 0 Å². The molecule has 0 aliphatic carbocycles. The number of nitrogens with one attached hydrogen (secondary N) is 2. The lowest BCUT2D eigenvalue weighted by Gasteiger charge is -2.42. The molecule has 2 N–H and O–H groups in total. The molecule has 0 bridgehead atoms. The van der Waals surface area contributed by atoms with Crippen molar-refractivity contribution in [2.24, 2.45) is 0 Å². The number of nitrogens with zero attached hydrogens (tertiary/aromatic N) is 2. The number of halogens is 4. The summed E-state index contributed by atoms with van der Waals surface area (Å²) in [5, 5.41) is 6.68. The van der Waals surface area contributed by atoms with Crippen LogP contribution in [0.2, 0.25) is 0 Å². The Labute approximate surface area is 150 Å². The summed E-state index contributed by atoms with van der Waals surface area (Å²) in [5.74, 6) is -0.781. The largest absolute Gasteiger partial charge is 0.402 e. The number of anilines is 2. The fraction of sp³-hybridized carbons (Fsp3) is 0.222. The van der Waals surface area contributed by atoms with Gasteiger partial charge in [-0.15, -0.1) is 0 Å². The molecule has 3 aromatic rings. The van der Waals surface area contributed by atoms with Gasteiger partial charge in [0.05, 0.1) is 0 Å². The Morgan fingerprint density at radius 1 is 1.19 bits per heavy atom. The highest BCUT2D eigenvalue weighted by Crippen LogP contribution is 2.55.